The van der Waals surface area contributed by atoms with Gasteiger partial charge in [-0.2, -0.15) is 4.72 Å². The maximum absolute atomic E-state index is 13.3. The number of carbonyl (C=O) groups excluding carboxylic acids is 1. The quantitative estimate of drug-likeness (QED) is 0.197. The molecule has 0 saturated carbocycles. The maximum Gasteiger partial charge on any atom is 0.336 e. The highest BCUT2D eigenvalue weighted by Crippen LogP contribution is 2.23. The molecule has 5 aromatic rings. The Hall–Kier alpha value is -4.21. The molecule has 5 rings (SSSR count). The fourth-order valence-electron chi connectivity index (χ4n) is 3.96. The highest BCUT2D eigenvalue weighted by Gasteiger charge is 2.29. The molecular formula is C27H22N2O6S. The molecule has 8 nitrogen and oxygen atoms in total. The standard InChI is InChI=1S/C27H22N2O6S/c1-17-6-11-21(12-7-17)36(32,33)29-24(14-19-16-28-23-5-3-2-4-22(19)23)27(31)34-20-10-8-18-9-13-26(30)35-25(18)15-20/h2-13,15-16,24,28-29H,14H2,1H3/t24-/m1/s1. The Morgan fingerprint density at radius 1 is 1.03 bits per heavy atom. The lowest BCUT2D eigenvalue weighted by molar-refractivity contribution is -0.136. The number of aromatic nitrogens is 1. The molecule has 3 aromatic carbocycles. The van der Waals surface area contributed by atoms with E-state index in [0.29, 0.717) is 5.39 Å². The van der Waals surface area contributed by atoms with Crippen LogP contribution in [0.5, 0.6) is 5.75 Å². The summed E-state index contributed by atoms with van der Waals surface area (Å²) in [7, 11) is -4.03. The van der Waals surface area contributed by atoms with Crippen molar-refractivity contribution in [3.8, 4) is 5.75 Å². The van der Waals surface area contributed by atoms with Crippen molar-refractivity contribution in [3.05, 3.63) is 107 Å². The molecule has 182 valence electrons. The SMILES string of the molecule is Cc1ccc(S(=O)(=O)N[C@H](Cc2c[nH]c3ccccc23)C(=O)Oc2ccc3ccc(=O)oc3c2)cc1. The van der Waals surface area contributed by atoms with Crippen molar-refractivity contribution in [1.29, 1.82) is 0 Å². The number of ether oxygens (including phenoxy) is 1. The van der Waals surface area contributed by atoms with E-state index in [1.54, 1.807) is 36.5 Å². The molecule has 0 bridgehead atoms. The normalized spacial score (nSPS) is 12.6. The number of para-hydroxylation sites is 1. The van der Waals surface area contributed by atoms with E-state index in [9.17, 15) is 18.0 Å². The van der Waals surface area contributed by atoms with Crippen molar-refractivity contribution in [2.75, 3.05) is 0 Å². The minimum atomic E-state index is -4.03. The minimum absolute atomic E-state index is 0.0392. The number of hydrogen-bond donors (Lipinski definition) is 2. The van der Waals surface area contributed by atoms with Gasteiger partial charge in [-0.25, -0.2) is 18.0 Å². The van der Waals surface area contributed by atoms with Gasteiger partial charge < -0.3 is 14.1 Å². The monoisotopic (exact) mass is 502 g/mol. The van der Waals surface area contributed by atoms with Crippen LogP contribution in [0, 0.1) is 6.92 Å². The van der Waals surface area contributed by atoms with Crippen LogP contribution in [-0.2, 0) is 21.2 Å². The maximum atomic E-state index is 13.3. The number of aromatic amines is 1. The van der Waals surface area contributed by atoms with Crippen molar-refractivity contribution in [2.45, 2.75) is 24.3 Å². The Balaban J connectivity index is 1.47. The molecule has 0 amide bonds. The van der Waals surface area contributed by atoms with E-state index < -0.39 is 27.7 Å². The summed E-state index contributed by atoms with van der Waals surface area (Å²) in [4.78, 5) is 28.0. The zero-order valence-electron chi connectivity index (χ0n) is 19.2. The van der Waals surface area contributed by atoms with E-state index in [2.05, 4.69) is 9.71 Å². The number of carbonyl (C=O) groups is 1. The van der Waals surface area contributed by atoms with Crippen LogP contribution in [0.4, 0.5) is 0 Å². The molecule has 2 N–H and O–H groups in total. The molecule has 0 unspecified atom stereocenters. The Kier molecular flexibility index (Phi) is 6.17. The smallest absolute Gasteiger partial charge is 0.336 e. The molecule has 0 aliphatic heterocycles. The van der Waals surface area contributed by atoms with Gasteiger partial charge in [-0.15, -0.1) is 0 Å². The van der Waals surface area contributed by atoms with Crippen molar-refractivity contribution in [3.63, 3.8) is 0 Å². The van der Waals surface area contributed by atoms with Crippen LogP contribution in [0.3, 0.4) is 0 Å². The third kappa shape index (κ3) is 4.93. The summed E-state index contributed by atoms with van der Waals surface area (Å²) in [6.07, 6.45) is 1.80. The minimum Gasteiger partial charge on any atom is -0.425 e. The Morgan fingerprint density at radius 2 is 1.78 bits per heavy atom. The number of hydrogen-bond acceptors (Lipinski definition) is 6. The van der Waals surface area contributed by atoms with Gasteiger partial charge in [-0.05, 0) is 48.9 Å². The largest absolute Gasteiger partial charge is 0.425 e. The van der Waals surface area contributed by atoms with E-state index in [-0.39, 0.29) is 22.6 Å². The van der Waals surface area contributed by atoms with Crippen LogP contribution in [0.25, 0.3) is 21.9 Å². The number of sulfonamides is 1. The van der Waals surface area contributed by atoms with Gasteiger partial charge in [-0.3, -0.25) is 0 Å². The highest BCUT2D eigenvalue weighted by atomic mass is 32.2. The van der Waals surface area contributed by atoms with E-state index in [1.807, 2.05) is 31.2 Å². The first-order valence-electron chi connectivity index (χ1n) is 11.2. The van der Waals surface area contributed by atoms with E-state index in [0.717, 1.165) is 22.0 Å². The summed E-state index contributed by atoms with van der Waals surface area (Å²) in [5, 5.41) is 1.53. The van der Waals surface area contributed by atoms with Crippen molar-refractivity contribution in [1.82, 2.24) is 9.71 Å². The van der Waals surface area contributed by atoms with Crippen molar-refractivity contribution < 1.29 is 22.4 Å². The molecule has 9 heteroatoms. The molecule has 2 heterocycles. The predicted octanol–water partition coefficient (Wildman–Crippen LogP) is 4.08. The van der Waals surface area contributed by atoms with Crippen LogP contribution < -0.4 is 15.1 Å². The summed E-state index contributed by atoms with van der Waals surface area (Å²) in [5.74, 6) is -0.672. The topological polar surface area (TPSA) is 118 Å². The second-order valence-corrected chi connectivity index (χ2v) is 10.1. The Bertz CT molecular complexity index is 1740. The lowest BCUT2D eigenvalue weighted by Crippen LogP contribution is -2.44. The Morgan fingerprint density at radius 3 is 2.58 bits per heavy atom. The third-order valence-electron chi connectivity index (χ3n) is 5.83. The second kappa shape index (κ2) is 9.44. The number of fused-ring (bicyclic) bond motifs is 2. The van der Waals surface area contributed by atoms with Gasteiger partial charge in [0.1, 0.15) is 17.4 Å². The van der Waals surface area contributed by atoms with Gasteiger partial charge in [0.25, 0.3) is 0 Å². The molecule has 0 aliphatic rings. The lowest BCUT2D eigenvalue weighted by Gasteiger charge is -2.18. The molecular weight excluding hydrogens is 480 g/mol. The van der Waals surface area contributed by atoms with Gasteiger partial charge in [0.05, 0.1) is 4.90 Å². The third-order valence-corrected chi connectivity index (χ3v) is 7.31. The molecule has 0 spiro atoms. The lowest BCUT2D eigenvalue weighted by atomic mass is 10.1. The molecule has 36 heavy (non-hydrogen) atoms. The number of esters is 1. The van der Waals surface area contributed by atoms with Gasteiger partial charge >= 0.3 is 11.6 Å². The molecule has 0 fully saturated rings. The molecule has 2 aromatic heterocycles. The zero-order valence-corrected chi connectivity index (χ0v) is 20.0. The predicted molar refractivity (Wildman–Crippen MR) is 135 cm³/mol. The van der Waals surface area contributed by atoms with E-state index in [4.69, 9.17) is 9.15 Å². The average molecular weight is 503 g/mol. The van der Waals surface area contributed by atoms with Gasteiger partial charge in [0, 0.05) is 41.0 Å². The molecule has 0 radical (unpaired) electrons. The highest BCUT2D eigenvalue weighted by molar-refractivity contribution is 7.89. The van der Waals surface area contributed by atoms with E-state index in [1.165, 1.54) is 24.3 Å². The first-order chi connectivity index (χ1) is 17.3. The van der Waals surface area contributed by atoms with Crippen LogP contribution in [-0.4, -0.2) is 25.4 Å². The van der Waals surface area contributed by atoms with Gasteiger partial charge in [0.15, 0.2) is 0 Å². The Labute approximate surface area is 206 Å². The molecule has 1 atom stereocenters. The average Bonchev–Trinajstić information content (AvgIpc) is 3.26. The summed E-state index contributed by atoms with van der Waals surface area (Å²) in [6.45, 7) is 1.85. The molecule has 0 saturated heterocycles. The fraction of sp³-hybridized carbons (Fsp3) is 0.111. The van der Waals surface area contributed by atoms with Crippen LogP contribution in [0.15, 0.2) is 99.2 Å². The molecule has 0 aliphatic carbocycles. The summed E-state index contributed by atoms with van der Waals surface area (Å²) in [6, 6.07) is 20.2. The van der Waals surface area contributed by atoms with E-state index >= 15 is 0 Å². The van der Waals surface area contributed by atoms with Crippen molar-refractivity contribution >= 4 is 37.9 Å². The first kappa shape index (κ1) is 23.5. The van der Waals surface area contributed by atoms with Gasteiger partial charge in [-0.1, -0.05) is 35.9 Å². The number of H-pyrrole nitrogens is 1. The number of aryl methyl sites for hydroxylation is 1. The number of benzene rings is 3. The van der Waals surface area contributed by atoms with Crippen LogP contribution >= 0.6 is 0 Å². The van der Waals surface area contributed by atoms with Crippen molar-refractivity contribution in [2.24, 2.45) is 0 Å². The van der Waals surface area contributed by atoms with Gasteiger partial charge in [0.2, 0.25) is 10.0 Å². The summed E-state index contributed by atoms with van der Waals surface area (Å²) in [5.41, 5.74) is 2.25. The number of rotatable bonds is 7. The zero-order chi connectivity index (χ0) is 25.3. The van der Waals surface area contributed by atoms with Crippen LogP contribution in [0.2, 0.25) is 0 Å². The number of nitrogens with one attached hydrogen (secondary N) is 2. The summed E-state index contributed by atoms with van der Waals surface area (Å²) < 4.78 is 39.5. The summed E-state index contributed by atoms with van der Waals surface area (Å²) >= 11 is 0. The van der Waals surface area contributed by atoms with Crippen LogP contribution in [0.1, 0.15) is 11.1 Å². The first-order valence-corrected chi connectivity index (χ1v) is 12.7. The second-order valence-electron chi connectivity index (χ2n) is 8.43. The fourth-order valence-corrected chi connectivity index (χ4v) is 5.14.